The second kappa shape index (κ2) is 6.13. The molecular weight excluding hydrogens is 283 g/mol. The molecule has 0 saturated heterocycles. The van der Waals surface area contributed by atoms with Gasteiger partial charge < -0.3 is 9.52 Å². The van der Waals surface area contributed by atoms with Gasteiger partial charge in [0.1, 0.15) is 5.76 Å². The predicted octanol–water partition coefficient (Wildman–Crippen LogP) is 4.06. The molecule has 0 unspecified atom stereocenters. The summed E-state index contributed by atoms with van der Waals surface area (Å²) < 4.78 is 43.0. The highest BCUT2D eigenvalue weighted by molar-refractivity contribution is 5.57. The molecule has 112 valence electrons. The highest BCUT2D eigenvalue weighted by atomic mass is 19.4. The Morgan fingerprint density at radius 2 is 1.90 bits per heavy atom. The number of rotatable bonds is 4. The number of benzene rings is 1. The van der Waals surface area contributed by atoms with E-state index in [1.807, 2.05) is 0 Å². The van der Waals surface area contributed by atoms with E-state index in [4.69, 9.17) is 9.52 Å². The average Bonchev–Trinajstić information content (AvgIpc) is 2.80. The number of alkyl halides is 3. The number of oxazole rings is 1. The molecule has 0 atom stereocenters. The van der Waals surface area contributed by atoms with Crippen LogP contribution < -0.4 is 0 Å². The van der Waals surface area contributed by atoms with E-state index in [1.54, 1.807) is 19.1 Å². The molecule has 1 aromatic heterocycles. The SMILES string of the molecule is Cc1nc(-c2ccc(C(F)(F)F)cc2)oc1C=CCCO. The Labute approximate surface area is 119 Å². The van der Waals surface area contributed by atoms with Gasteiger partial charge in [0.2, 0.25) is 5.89 Å². The van der Waals surface area contributed by atoms with Crippen molar-refractivity contribution in [1.82, 2.24) is 4.98 Å². The predicted molar refractivity (Wildman–Crippen MR) is 72.4 cm³/mol. The number of aliphatic hydroxyl groups excluding tert-OH is 1. The fourth-order valence-electron chi connectivity index (χ4n) is 1.75. The zero-order valence-corrected chi connectivity index (χ0v) is 11.3. The summed E-state index contributed by atoms with van der Waals surface area (Å²) in [5.74, 6) is 0.795. The van der Waals surface area contributed by atoms with E-state index in [2.05, 4.69) is 4.98 Å². The number of aromatic nitrogens is 1. The minimum absolute atomic E-state index is 0.0371. The first-order valence-corrected chi connectivity index (χ1v) is 6.34. The third-order valence-corrected chi connectivity index (χ3v) is 2.86. The Balaban J connectivity index is 2.24. The van der Waals surface area contributed by atoms with Gasteiger partial charge in [-0.3, -0.25) is 0 Å². The summed E-state index contributed by atoms with van der Waals surface area (Å²) in [6.45, 7) is 1.78. The molecule has 0 saturated carbocycles. The first-order valence-electron chi connectivity index (χ1n) is 6.34. The number of aliphatic hydroxyl groups is 1. The van der Waals surface area contributed by atoms with E-state index >= 15 is 0 Å². The van der Waals surface area contributed by atoms with Crippen LogP contribution in [0.4, 0.5) is 13.2 Å². The van der Waals surface area contributed by atoms with Crippen molar-refractivity contribution in [2.75, 3.05) is 6.61 Å². The highest BCUT2D eigenvalue weighted by Crippen LogP contribution is 2.31. The standard InChI is InChI=1S/C15H14F3NO2/c1-10-13(4-2-3-9-20)21-14(19-10)11-5-7-12(8-6-11)15(16,17)18/h2,4-8,20H,3,9H2,1H3. The van der Waals surface area contributed by atoms with Crippen molar-refractivity contribution in [2.45, 2.75) is 19.5 Å². The molecule has 0 aliphatic heterocycles. The van der Waals surface area contributed by atoms with Gasteiger partial charge in [-0.1, -0.05) is 6.08 Å². The summed E-state index contributed by atoms with van der Waals surface area (Å²) in [6.07, 6.45) is -0.435. The van der Waals surface area contributed by atoms with Gasteiger partial charge in [-0.15, -0.1) is 0 Å². The molecule has 0 aliphatic rings. The van der Waals surface area contributed by atoms with Crippen LogP contribution in [0.25, 0.3) is 17.5 Å². The zero-order valence-electron chi connectivity index (χ0n) is 11.3. The Bertz CT molecular complexity index is 627. The lowest BCUT2D eigenvalue weighted by Crippen LogP contribution is -2.03. The van der Waals surface area contributed by atoms with Crippen LogP contribution in [0.3, 0.4) is 0 Å². The summed E-state index contributed by atoms with van der Waals surface area (Å²) in [7, 11) is 0. The average molecular weight is 297 g/mol. The normalized spacial score (nSPS) is 12.2. The van der Waals surface area contributed by atoms with Crippen LogP contribution in [-0.4, -0.2) is 16.7 Å². The smallest absolute Gasteiger partial charge is 0.416 e. The van der Waals surface area contributed by atoms with Crippen molar-refractivity contribution < 1.29 is 22.7 Å². The monoisotopic (exact) mass is 297 g/mol. The third kappa shape index (κ3) is 3.72. The Hall–Kier alpha value is -2.08. The van der Waals surface area contributed by atoms with Crippen molar-refractivity contribution in [3.05, 3.63) is 47.4 Å². The van der Waals surface area contributed by atoms with Crippen molar-refractivity contribution in [3.8, 4) is 11.5 Å². The second-order valence-electron chi connectivity index (χ2n) is 4.46. The van der Waals surface area contributed by atoms with Crippen LogP contribution in [0.5, 0.6) is 0 Å². The minimum Gasteiger partial charge on any atom is -0.436 e. The molecule has 6 heteroatoms. The van der Waals surface area contributed by atoms with Gasteiger partial charge in [0.15, 0.2) is 0 Å². The number of aryl methyl sites for hydroxylation is 1. The van der Waals surface area contributed by atoms with E-state index < -0.39 is 11.7 Å². The molecule has 2 aromatic rings. The summed E-state index contributed by atoms with van der Waals surface area (Å²) in [6, 6.07) is 4.65. The maximum Gasteiger partial charge on any atom is 0.416 e. The second-order valence-corrected chi connectivity index (χ2v) is 4.46. The number of halogens is 3. The summed E-state index contributed by atoms with van der Waals surface area (Å²) >= 11 is 0. The van der Waals surface area contributed by atoms with E-state index in [9.17, 15) is 13.2 Å². The van der Waals surface area contributed by atoms with Crippen LogP contribution in [0.2, 0.25) is 0 Å². The van der Waals surface area contributed by atoms with Crippen molar-refractivity contribution in [1.29, 1.82) is 0 Å². The molecule has 0 amide bonds. The zero-order chi connectivity index (χ0) is 15.5. The van der Waals surface area contributed by atoms with E-state index in [-0.39, 0.29) is 12.5 Å². The first-order chi connectivity index (χ1) is 9.91. The van der Waals surface area contributed by atoms with Crippen molar-refractivity contribution in [3.63, 3.8) is 0 Å². The number of hydrogen-bond donors (Lipinski definition) is 1. The number of hydrogen-bond acceptors (Lipinski definition) is 3. The topological polar surface area (TPSA) is 46.3 Å². The van der Waals surface area contributed by atoms with Gasteiger partial charge in [0.05, 0.1) is 11.3 Å². The summed E-state index contributed by atoms with van der Waals surface area (Å²) in [5.41, 5.74) is 0.407. The van der Waals surface area contributed by atoms with Gasteiger partial charge in [0, 0.05) is 12.2 Å². The quantitative estimate of drug-likeness (QED) is 0.925. The van der Waals surface area contributed by atoms with Crippen LogP contribution in [0.15, 0.2) is 34.8 Å². The van der Waals surface area contributed by atoms with Crippen molar-refractivity contribution >= 4 is 6.08 Å². The molecule has 2 rings (SSSR count). The lowest BCUT2D eigenvalue weighted by Gasteiger charge is -2.06. The first kappa shape index (κ1) is 15.3. The van der Waals surface area contributed by atoms with Gasteiger partial charge >= 0.3 is 6.18 Å². The fourth-order valence-corrected chi connectivity index (χ4v) is 1.75. The highest BCUT2D eigenvalue weighted by Gasteiger charge is 2.30. The molecule has 0 radical (unpaired) electrons. The maximum absolute atomic E-state index is 12.5. The largest absolute Gasteiger partial charge is 0.436 e. The molecule has 0 aliphatic carbocycles. The number of nitrogens with zero attached hydrogens (tertiary/aromatic N) is 1. The van der Waals surface area contributed by atoms with Gasteiger partial charge in [-0.05, 0) is 43.7 Å². The van der Waals surface area contributed by atoms with Crippen molar-refractivity contribution in [2.24, 2.45) is 0 Å². The molecule has 21 heavy (non-hydrogen) atoms. The van der Waals surface area contributed by atoms with Crippen LogP contribution >= 0.6 is 0 Å². The lowest BCUT2D eigenvalue weighted by atomic mass is 10.1. The molecule has 1 heterocycles. The lowest BCUT2D eigenvalue weighted by molar-refractivity contribution is -0.137. The fraction of sp³-hybridized carbons (Fsp3) is 0.267. The Morgan fingerprint density at radius 3 is 2.48 bits per heavy atom. The van der Waals surface area contributed by atoms with Gasteiger partial charge in [-0.25, -0.2) is 4.98 Å². The van der Waals surface area contributed by atoms with Crippen LogP contribution in [-0.2, 0) is 6.18 Å². The summed E-state index contributed by atoms with van der Waals surface area (Å²) in [4.78, 5) is 4.19. The van der Waals surface area contributed by atoms with Gasteiger partial charge in [-0.2, -0.15) is 13.2 Å². The van der Waals surface area contributed by atoms with Crippen LogP contribution in [0.1, 0.15) is 23.4 Å². The molecule has 3 nitrogen and oxygen atoms in total. The molecule has 1 aromatic carbocycles. The molecule has 0 spiro atoms. The van der Waals surface area contributed by atoms with Crippen LogP contribution in [0, 0.1) is 6.92 Å². The Kier molecular flexibility index (Phi) is 4.47. The molecule has 0 bridgehead atoms. The Morgan fingerprint density at radius 1 is 1.24 bits per heavy atom. The minimum atomic E-state index is -4.36. The summed E-state index contributed by atoms with van der Waals surface area (Å²) in [5, 5.41) is 8.70. The molecule has 0 fully saturated rings. The van der Waals surface area contributed by atoms with E-state index in [1.165, 1.54) is 12.1 Å². The van der Waals surface area contributed by atoms with E-state index in [0.717, 1.165) is 12.1 Å². The molecular formula is C15H14F3NO2. The third-order valence-electron chi connectivity index (χ3n) is 2.86. The molecule has 1 N–H and O–H groups in total. The van der Waals surface area contributed by atoms with E-state index in [0.29, 0.717) is 23.4 Å². The van der Waals surface area contributed by atoms with Gasteiger partial charge in [0.25, 0.3) is 0 Å². The maximum atomic E-state index is 12.5.